The van der Waals surface area contributed by atoms with Crippen LogP contribution in [0.3, 0.4) is 0 Å². The number of hydrogen-bond donors (Lipinski definition) is 1. The van der Waals surface area contributed by atoms with Gasteiger partial charge in [-0.15, -0.1) is 0 Å². The van der Waals surface area contributed by atoms with Gasteiger partial charge in [0.05, 0.1) is 10.5 Å². The Balaban J connectivity index is 1.64. The molecule has 0 saturated carbocycles. The van der Waals surface area contributed by atoms with Crippen LogP contribution in [0.15, 0.2) is 28.0 Å². The van der Waals surface area contributed by atoms with Crippen LogP contribution >= 0.6 is 24.0 Å². The molecular formula is C23H26N4O4S2. The lowest BCUT2D eigenvalue weighted by molar-refractivity contribution is -0.137. The summed E-state index contributed by atoms with van der Waals surface area (Å²) in [5, 5.41) is 8.76. The lowest BCUT2D eigenvalue weighted by Crippen LogP contribution is -2.29. The number of aliphatic carboxylic acids is 1. The molecule has 0 spiro atoms. The quantitative estimate of drug-likeness (QED) is 0.344. The maximum absolute atomic E-state index is 13.5. The number of fused-ring (bicyclic) bond motifs is 1. The fourth-order valence-corrected chi connectivity index (χ4v) is 5.43. The number of thioether (sulfide) groups is 1. The van der Waals surface area contributed by atoms with Crippen LogP contribution in [0.2, 0.25) is 0 Å². The molecule has 2 saturated heterocycles. The minimum Gasteiger partial charge on any atom is -0.481 e. The van der Waals surface area contributed by atoms with Gasteiger partial charge in [-0.1, -0.05) is 36.5 Å². The SMILES string of the molecule is Cc1cccn2c(=O)c(C=C3SC(=S)N(CCCCCC(=O)O)C3=O)c(N3CCCC3)nc12. The Morgan fingerprint density at radius 3 is 2.73 bits per heavy atom. The van der Waals surface area contributed by atoms with Gasteiger partial charge in [0.2, 0.25) is 0 Å². The van der Waals surface area contributed by atoms with Gasteiger partial charge in [-0.2, -0.15) is 0 Å². The van der Waals surface area contributed by atoms with Crippen molar-refractivity contribution in [2.75, 3.05) is 24.5 Å². The summed E-state index contributed by atoms with van der Waals surface area (Å²) in [5.41, 5.74) is 1.73. The van der Waals surface area contributed by atoms with Crippen molar-refractivity contribution in [1.82, 2.24) is 14.3 Å². The zero-order valence-corrected chi connectivity index (χ0v) is 20.1. The predicted molar refractivity (Wildman–Crippen MR) is 134 cm³/mol. The van der Waals surface area contributed by atoms with Crippen molar-refractivity contribution >= 4 is 57.7 Å². The third-order valence-corrected chi connectivity index (χ3v) is 7.27. The van der Waals surface area contributed by atoms with Crippen molar-refractivity contribution in [3.63, 3.8) is 0 Å². The van der Waals surface area contributed by atoms with Gasteiger partial charge in [-0.05, 0) is 50.3 Å². The molecule has 0 atom stereocenters. The Morgan fingerprint density at radius 2 is 2.00 bits per heavy atom. The largest absolute Gasteiger partial charge is 0.481 e. The van der Waals surface area contributed by atoms with E-state index in [1.54, 1.807) is 17.2 Å². The molecule has 0 aliphatic carbocycles. The number of thiocarbonyl (C=S) groups is 1. The van der Waals surface area contributed by atoms with Gasteiger partial charge in [0.15, 0.2) is 0 Å². The van der Waals surface area contributed by atoms with Crippen LogP contribution in [-0.2, 0) is 9.59 Å². The molecule has 8 nitrogen and oxygen atoms in total. The molecule has 1 N–H and O–H groups in total. The van der Waals surface area contributed by atoms with Crippen LogP contribution in [0.25, 0.3) is 11.7 Å². The number of carbonyl (C=O) groups excluding carboxylic acids is 1. The summed E-state index contributed by atoms with van der Waals surface area (Å²) < 4.78 is 1.99. The lowest BCUT2D eigenvalue weighted by atomic mass is 10.2. The van der Waals surface area contributed by atoms with E-state index >= 15 is 0 Å². The molecule has 0 radical (unpaired) electrons. The summed E-state index contributed by atoms with van der Waals surface area (Å²) >= 11 is 6.62. The Hall–Kier alpha value is -2.72. The number of nitrogens with zero attached hydrogens (tertiary/aromatic N) is 4. The number of aryl methyl sites for hydroxylation is 1. The average Bonchev–Trinajstić information content (AvgIpc) is 3.40. The fraction of sp³-hybridized carbons (Fsp3) is 0.435. The van der Waals surface area contributed by atoms with Gasteiger partial charge >= 0.3 is 5.97 Å². The monoisotopic (exact) mass is 486 g/mol. The fourth-order valence-electron chi connectivity index (χ4n) is 4.14. The Labute approximate surface area is 201 Å². The molecule has 0 unspecified atom stereocenters. The van der Waals surface area contributed by atoms with E-state index in [-0.39, 0.29) is 17.9 Å². The Kier molecular flexibility index (Phi) is 7.14. The normalized spacial score (nSPS) is 17.7. The highest BCUT2D eigenvalue weighted by molar-refractivity contribution is 8.26. The Morgan fingerprint density at radius 1 is 1.24 bits per heavy atom. The standard InChI is InChI=1S/C23H26N4O4S2/c1-15-8-7-13-26-19(15)24-20(25-10-5-6-11-25)16(21(26)30)14-17-22(31)27(23(32)33-17)12-4-2-3-9-18(28)29/h7-8,13-14H,2-6,9-12H2,1H3,(H,28,29). The molecule has 0 bridgehead atoms. The minimum atomic E-state index is -0.817. The molecule has 33 heavy (non-hydrogen) atoms. The van der Waals surface area contributed by atoms with Crippen LogP contribution in [0.5, 0.6) is 0 Å². The lowest BCUT2D eigenvalue weighted by Gasteiger charge is -2.20. The molecule has 4 heterocycles. The summed E-state index contributed by atoms with van der Waals surface area (Å²) in [5.74, 6) is -0.419. The number of carboxylic acid groups (broad SMARTS) is 1. The highest BCUT2D eigenvalue weighted by atomic mass is 32.2. The third kappa shape index (κ3) is 4.96. The molecule has 2 aliphatic heterocycles. The first-order chi connectivity index (χ1) is 15.9. The highest BCUT2D eigenvalue weighted by Gasteiger charge is 2.32. The van der Waals surface area contributed by atoms with Gasteiger partial charge in [-0.25, -0.2) is 4.98 Å². The molecule has 2 fully saturated rings. The van der Waals surface area contributed by atoms with E-state index in [9.17, 15) is 14.4 Å². The van der Waals surface area contributed by atoms with E-state index in [0.717, 1.165) is 31.5 Å². The zero-order valence-electron chi connectivity index (χ0n) is 18.5. The highest BCUT2D eigenvalue weighted by Crippen LogP contribution is 2.34. The van der Waals surface area contributed by atoms with Crippen molar-refractivity contribution in [3.05, 3.63) is 44.7 Å². The number of anilines is 1. The van der Waals surface area contributed by atoms with Crippen molar-refractivity contribution in [2.24, 2.45) is 0 Å². The summed E-state index contributed by atoms with van der Waals surface area (Å²) in [6, 6.07) is 3.74. The molecule has 2 aromatic rings. The van der Waals surface area contributed by atoms with Crippen LogP contribution in [0.4, 0.5) is 5.82 Å². The van der Waals surface area contributed by atoms with Crippen LogP contribution < -0.4 is 10.5 Å². The van der Waals surface area contributed by atoms with Crippen LogP contribution in [0, 0.1) is 6.92 Å². The van der Waals surface area contributed by atoms with Gasteiger partial charge in [0, 0.05) is 32.3 Å². The number of rotatable bonds is 8. The number of unbranched alkanes of at least 4 members (excludes halogenated alkanes) is 2. The van der Waals surface area contributed by atoms with E-state index in [2.05, 4.69) is 4.90 Å². The number of carbonyl (C=O) groups is 2. The molecule has 4 rings (SSSR count). The third-order valence-electron chi connectivity index (χ3n) is 5.89. The van der Waals surface area contributed by atoms with Crippen molar-refractivity contribution < 1.29 is 14.7 Å². The van der Waals surface area contributed by atoms with E-state index in [1.807, 2.05) is 19.1 Å². The van der Waals surface area contributed by atoms with Crippen molar-refractivity contribution in [1.29, 1.82) is 0 Å². The second-order valence-corrected chi connectivity index (χ2v) is 9.95. The number of pyridine rings is 1. The molecule has 0 aromatic carbocycles. The van der Waals surface area contributed by atoms with Crippen molar-refractivity contribution in [3.8, 4) is 0 Å². The number of amides is 1. The maximum Gasteiger partial charge on any atom is 0.303 e. The molecule has 174 valence electrons. The topological polar surface area (TPSA) is 95.2 Å². The van der Waals surface area contributed by atoms with Gasteiger partial charge in [0.1, 0.15) is 15.8 Å². The smallest absolute Gasteiger partial charge is 0.303 e. The Bertz CT molecular complexity index is 1200. The zero-order chi connectivity index (χ0) is 23.5. The number of hydrogen-bond acceptors (Lipinski definition) is 7. The summed E-state index contributed by atoms with van der Waals surface area (Å²) in [7, 11) is 0. The maximum atomic E-state index is 13.5. The summed E-state index contributed by atoms with van der Waals surface area (Å²) in [4.78, 5) is 46.1. The number of aromatic nitrogens is 2. The van der Waals surface area contributed by atoms with Crippen LogP contribution in [-0.4, -0.2) is 55.2 Å². The van der Waals surface area contributed by atoms with Gasteiger partial charge in [-0.3, -0.25) is 23.7 Å². The van der Waals surface area contributed by atoms with Crippen molar-refractivity contribution in [2.45, 2.75) is 45.4 Å². The molecule has 1 amide bonds. The summed E-state index contributed by atoms with van der Waals surface area (Å²) in [6.07, 6.45) is 7.49. The first kappa shape index (κ1) is 23.4. The number of carboxylic acids is 1. The average molecular weight is 487 g/mol. The van der Waals surface area contributed by atoms with E-state index < -0.39 is 5.97 Å². The van der Waals surface area contributed by atoms with E-state index in [0.29, 0.717) is 52.1 Å². The second-order valence-electron chi connectivity index (χ2n) is 8.27. The minimum absolute atomic E-state index is 0.121. The molecule has 10 heteroatoms. The summed E-state index contributed by atoms with van der Waals surface area (Å²) in [6.45, 7) is 4.02. The van der Waals surface area contributed by atoms with E-state index in [4.69, 9.17) is 22.3 Å². The molecule has 2 aromatic heterocycles. The predicted octanol–water partition coefficient (Wildman–Crippen LogP) is 3.45. The van der Waals surface area contributed by atoms with Gasteiger partial charge in [0.25, 0.3) is 11.5 Å². The first-order valence-electron chi connectivity index (χ1n) is 11.1. The van der Waals surface area contributed by atoms with E-state index in [1.165, 1.54) is 16.2 Å². The van der Waals surface area contributed by atoms with Gasteiger partial charge < -0.3 is 10.0 Å². The first-order valence-corrected chi connectivity index (χ1v) is 12.3. The second kappa shape index (κ2) is 10.0. The molecule has 2 aliphatic rings. The molecular weight excluding hydrogens is 460 g/mol. The van der Waals surface area contributed by atoms with Crippen LogP contribution in [0.1, 0.15) is 49.7 Å².